The maximum Gasteiger partial charge on any atom is 0.250 e. The Morgan fingerprint density at radius 2 is 1.68 bits per heavy atom. The lowest BCUT2D eigenvalue weighted by atomic mass is 10.1. The van der Waals surface area contributed by atoms with Crippen LogP contribution in [0.1, 0.15) is 27.8 Å². The molecule has 22 heavy (non-hydrogen) atoms. The number of nitrogens with one attached hydrogen (secondary N) is 1. The zero-order valence-electron chi connectivity index (χ0n) is 13.7. The van der Waals surface area contributed by atoms with E-state index in [1.54, 1.807) is 0 Å². The van der Waals surface area contributed by atoms with Crippen LogP contribution >= 0.6 is 0 Å². The van der Waals surface area contributed by atoms with Gasteiger partial charge in [0.15, 0.2) is 0 Å². The summed E-state index contributed by atoms with van der Waals surface area (Å²) in [5, 5.41) is 2.92. The summed E-state index contributed by atoms with van der Waals surface area (Å²) in [5.41, 5.74) is 6.53. The molecule has 0 aliphatic heterocycles. The number of anilines is 1. The lowest BCUT2D eigenvalue weighted by Crippen LogP contribution is -2.19. The summed E-state index contributed by atoms with van der Waals surface area (Å²) in [6.45, 7) is 8.60. The van der Waals surface area contributed by atoms with Gasteiger partial charge >= 0.3 is 0 Å². The highest BCUT2D eigenvalue weighted by molar-refractivity contribution is 5.93. The molecule has 1 N–H and O–H groups in total. The van der Waals surface area contributed by atoms with Gasteiger partial charge in [-0.25, -0.2) is 0 Å². The van der Waals surface area contributed by atoms with Gasteiger partial charge in [-0.05, 0) is 49.9 Å². The summed E-state index contributed by atoms with van der Waals surface area (Å²) in [4.78, 5) is 12.0. The quantitative estimate of drug-likeness (QED) is 0.903. The molecule has 0 unspecified atom stereocenters. The fraction of sp³-hybridized carbons (Fsp3) is 0.316. The van der Waals surface area contributed by atoms with Crippen LogP contribution in [0.4, 0.5) is 5.69 Å². The molecule has 0 aliphatic carbocycles. The zero-order valence-corrected chi connectivity index (χ0v) is 13.7. The third kappa shape index (κ3) is 4.18. The molecule has 1 amide bonds. The van der Waals surface area contributed by atoms with Crippen molar-refractivity contribution in [2.24, 2.45) is 0 Å². The minimum absolute atomic E-state index is 0.0566. The molecule has 0 radical (unpaired) electrons. The van der Waals surface area contributed by atoms with Crippen LogP contribution < -0.4 is 5.32 Å². The van der Waals surface area contributed by atoms with E-state index in [0.29, 0.717) is 6.61 Å². The second-order valence-corrected chi connectivity index (χ2v) is 5.74. The van der Waals surface area contributed by atoms with Gasteiger partial charge in [0.05, 0.1) is 6.61 Å². The number of amides is 1. The van der Waals surface area contributed by atoms with Crippen molar-refractivity contribution in [3.63, 3.8) is 0 Å². The Morgan fingerprint density at radius 1 is 1.00 bits per heavy atom. The maximum atomic E-state index is 12.0. The molecule has 0 spiro atoms. The van der Waals surface area contributed by atoms with E-state index in [-0.39, 0.29) is 12.5 Å². The molecule has 0 aliphatic rings. The van der Waals surface area contributed by atoms with E-state index in [0.717, 1.165) is 22.4 Å². The Bertz CT molecular complexity index is 657. The van der Waals surface area contributed by atoms with E-state index >= 15 is 0 Å². The number of carbonyl (C=O) groups excluding carboxylic acids is 1. The van der Waals surface area contributed by atoms with Crippen LogP contribution in [0.5, 0.6) is 0 Å². The van der Waals surface area contributed by atoms with Crippen molar-refractivity contribution in [1.29, 1.82) is 0 Å². The number of benzene rings is 2. The van der Waals surface area contributed by atoms with E-state index in [4.69, 9.17) is 4.74 Å². The summed E-state index contributed by atoms with van der Waals surface area (Å²) in [6.07, 6.45) is 0. The summed E-state index contributed by atoms with van der Waals surface area (Å²) in [6, 6.07) is 12.2. The Labute approximate surface area is 132 Å². The van der Waals surface area contributed by atoms with Crippen molar-refractivity contribution in [3.8, 4) is 0 Å². The average molecular weight is 297 g/mol. The summed E-state index contributed by atoms with van der Waals surface area (Å²) < 4.78 is 5.54. The number of aryl methyl sites for hydroxylation is 4. The predicted molar refractivity (Wildman–Crippen MR) is 90.1 cm³/mol. The molecule has 2 rings (SSSR count). The summed E-state index contributed by atoms with van der Waals surface area (Å²) in [7, 11) is 0. The van der Waals surface area contributed by atoms with Gasteiger partial charge in [-0.1, -0.05) is 42.0 Å². The fourth-order valence-electron chi connectivity index (χ4n) is 2.45. The molecule has 2 aromatic carbocycles. The van der Waals surface area contributed by atoms with Gasteiger partial charge < -0.3 is 10.1 Å². The fourth-order valence-corrected chi connectivity index (χ4v) is 2.45. The highest BCUT2D eigenvalue weighted by atomic mass is 16.5. The van der Waals surface area contributed by atoms with Crippen molar-refractivity contribution < 1.29 is 9.53 Å². The van der Waals surface area contributed by atoms with Crippen LogP contribution in [0.15, 0.2) is 36.4 Å². The topological polar surface area (TPSA) is 38.3 Å². The number of hydrogen-bond acceptors (Lipinski definition) is 2. The van der Waals surface area contributed by atoms with E-state index < -0.39 is 0 Å². The van der Waals surface area contributed by atoms with Crippen molar-refractivity contribution in [3.05, 3.63) is 64.2 Å². The van der Waals surface area contributed by atoms with E-state index in [2.05, 4.69) is 31.3 Å². The molecule has 3 heteroatoms. The van der Waals surface area contributed by atoms with Crippen LogP contribution in [0, 0.1) is 27.7 Å². The van der Waals surface area contributed by atoms with Crippen molar-refractivity contribution in [1.82, 2.24) is 0 Å². The SMILES string of the molecule is Cc1ccc(COCC(=O)Nc2c(C)cccc2C)c(C)c1. The summed E-state index contributed by atoms with van der Waals surface area (Å²) >= 11 is 0. The van der Waals surface area contributed by atoms with Crippen molar-refractivity contribution in [2.75, 3.05) is 11.9 Å². The van der Waals surface area contributed by atoms with Crippen LogP contribution in [0.3, 0.4) is 0 Å². The minimum atomic E-state index is -0.123. The van der Waals surface area contributed by atoms with Crippen LogP contribution in [0.2, 0.25) is 0 Å². The molecule has 0 fully saturated rings. The van der Waals surface area contributed by atoms with E-state index in [1.807, 2.05) is 38.1 Å². The molecule has 0 saturated heterocycles. The molecule has 0 atom stereocenters. The van der Waals surface area contributed by atoms with Gasteiger partial charge in [0.1, 0.15) is 6.61 Å². The van der Waals surface area contributed by atoms with Gasteiger partial charge in [-0.3, -0.25) is 4.79 Å². The molecular weight excluding hydrogens is 274 g/mol. The van der Waals surface area contributed by atoms with Crippen LogP contribution in [-0.4, -0.2) is 12.5 Å². The predicted octanol–water partition coefficient (Wildman–Crippen LogP) is 4.08. The number of para-hydroxylation sites is 1. The van der Waals surface area contributed by atoms with Crippen LogP contribution in [-0.2, 0) is 16.1 Å². The van der Waals surface area contributed by atoms with E-state index in [9.17, 15) is 4.79 Å². The number of rotatable bonds is 5. The lowest BCUT2D eigenvalue weighted by molar-refractivity contribution is -0.121. The largest absolute Gasteiger partial charge is 0.367 e. The van der Waals surface area contributed by atoms with Gasteiger partial charge in [0, 0.05) is 5.69 Å². The highest BCUT2D eigenvalue weighted by Gasteiger charge is 2.08. The Hall–Kier alpha value is -2.13. The molecule has 0 bridgehead atoms. The number of hydrogen-bond donors (Lipinski definition) is 1. The van der Waals surface area contributed by atoms with Gasteiger partial charge in [0.2, 0.25) is 5.91 Å². The smallest absolute Gasteiger partial charge is 0.250 e. The first-order chi connectivity index (χ1) is 10.5. The average Bonchev–Trinajstić information content (AvgIpc) is 2.45. The summed E-state index contributed by atoms with van der Waals surface area (Å²) in [5.74, 6) is -0.123. The second-order valence-electron chi connectivity index (χ2n) is 5.74. The van der Waals surface area contributed by atoms with Gasteiger partial charge in [-0.15, -0.1) is 0 Å². The third-order valence-electron chi connectivity index (χ3n) is 3.73. The first-order valence-corrected chi connectivity index (χ1v) is 7.47. The molecule has 116 valence electrons. The molecule has 2 aromatic rings. The normalized spacial score (nSPS) is 10.5. The lowest BCUT2D eigenvalue weighted by Gasteiger charge is -2.12. The monoisotopic (exact) mass is 297 g/mol. The number of carbonyl (C=O) groups is 1. The van der Waals surface area contributed by atoms with Gasteiger partial charge in [-0.2, -0.15) is 0 Å². The number of ether oxygens (including phenoxy) is 1. The molecule has 3 nitrogen and oxygen atoms in total. The molecule has 0 heterocycles. The molecule has 0 saturated carbocycles. The maximum absolute atomic E-state index is 12.0. The van der Waals surface area contributed by atoms with E-state index in [1.165, 1.54) is 11.1 Å². The van der Waals surface area contributed by atoms with Crippen LogP contribution in [0.25, 0.3) is 0 Å². The van der Waals surface area contributed by atoms with Gasteiger partial charge in [0.25, 0.3) is 0 Å². The molecular formula is C19H23NO2. The Kier molecular flexibility index (Phi) is 5.34. The first kappa shape index (κ1) is 16.2. The molecule has 0 aromatic heterocycles. The standard InChI is InChI=1S/C19H23NO2/c1-13-8-9-17(16(4)10-13)11-22-12-18(21)20-19-14(2)6-5-7-15(19)3/h5-10H,11-12H2,1-4H3,(H,20,21). The highest BCUT2D eigenvalue weighted by Crippen LogP contribution is 2.19. The van der Waals surface area contributed by atoms with Crippen molar-refractivity contribution in [2.45, 2.75) is 34.3 Å². The minimum Gasteiger partial charge on any atom is -0.367 e. The Morgan fingerprint density at radius 3 is 2.32 bits per heavy atom. The van der Waals surface area contributed by atoms with Crippen molar-refractivity contribution >= 4 is 11.6 Å². The third-order valence-corrected chi connectivity index (χ3v) is 3.73. The first-order valence-electron chi connectivity index (χ1n) is 7.47. The zero-order chi connectivity index (χ0) is 16.1. The Balaban J connectivity index is 1.88. The second kappa shape index (κ2) is 7.23.